The lowest BCUT2D eigenvalue weighted by atomic mass is 10.1. The van der Waals surface area contributed by atoms with Crippen LogP contribution >= 0.6 is 0 Å². The molecule has 0 unspecified atom stereocenters. The average Bonchev–Trinajstić information content (AvgIpc) is 2.62. The number of aliphatic hydroxyl groups is 1. The zero-order chi connectivity index (χ0) is 17.7. The molecule has 3 rings (SSSR count). The minimum atomic E-state index is -0.961. The molecule has 0 amide bonds. The number of morpholine rings is 2. The van der Waals surface area contributed by atoms with E-state index in [0.717, 1.165) is 58.2 Å². The molecule has 1 aromatic rings. The maximum absolute atomic E-state index is 9.76. The highest BCUT2D eigenvalue weighted by Crippen LogP contribution is 2.09. The van der Waals surface area contributed by atoms with Crippen LogP contribution in [0.1, 0.15) is 31.1 Å². The predicted molar refractivity (Wildman–Crippen MR) is 95.4 cm³/mol. The predicted octanol–water partition coefficient (Wildman–Crippen LogP) is -1.36. The molecule has 2 saturated heterocycles. The number of hydrogen-bond donors (Lipinski definition) is 3. The molecule has 2 aliphatic heterocycles. The third-order valence-electron chi connectivity index (χ3n) is 4.84. The van der Waals surface area contributed by atoms with E-state index >= 15 is 0 Å². The van der Waals surface area contributed by atoms with Gasteiger partial charge in [-0.15, -0.1) is 0 Å². The van der Waals surface area contributed by atoms with Gasteiger partial charge in [-0.05, 0) is 38.1 Å². The summed E-state index contributed by atoms with van der Waals surface area (Å²) in [6.07, 6.45) is 0.420. The van der Waals surface area contributed by atoms with Gasteiger partial charge in [-0.2, -0.15) is 0 Å². The van der Waals surface area contributed by atoms with Gasteiger partial charge in [-0.1, -0.05) is 11.8 Å². The summed E-state index contributed by atoms with van der Waals surface area (Å²) in [6.45, 7) is 11.0. The second kappa shape index (κ2) is 8.31. The maximum Gasteiger partial charge on any atom is 0.240 e. The van der Waals surface area contributed by atoms with Crippen LogP contribution in [0.3, 0.4) is 0 Å². The van der Waals surface area contributed by atoms with Gasteiger partial charge in [0.05, 0.1) is 32.0 Å². The van der Waals surface area contributed by atoms with Crippen molar-refractivity contribution < 1.29 is 24.4 Å². The molecule has 0 aliphatic carbocycles. The van der Waals surface area contributed by atoms with E-state index in [0.29, 0.717) is 6.17 Å². The molecule has 136 valence electrons. The molecule has 0 bridgehead atoms. The summed E-state index contributed by atoms with van der Waals surface area (Å²) in [5.74, 6) is 5.93. The molecule has 1 aromatic carbocycles. The van der Waals surface area contributed by atoms with Crippen LogP contribution < -0.4 is 9.80 Å². The molecule has 0 atom stereocenters. The van der Waals surface area contributed by atoms with Crippen LogP contribution in [-0.2, 0) is 9.47 Å². The molecule has 0 radical (unpaired) electrons. The average molecular weight is 346 g/mol. The Bertz CT molecular complexity index is 583. The molecule has 5 heteroatoms. The van der Waals surface area contributed by atoms with Gasteiger partial charge >= 0.3 is 0 Å². The van der Waals surface area contributed by atoms with Gasteiger partial charge in [0, 0.05) is 5.56 Å². The number of rotatable bonds is 3. The molecule has 3 N–H and O–H groups in total. The summed E-state index contributed by atoms with van der Waals surface area (Å²) in [6, 6.07) is 8.54. The van der Waals surface area contributed by atoms with Gasteiger partial charge in [0.2, 0.25) is 6.17 Å². The smallest absolute Gasteiger partial charge is 0.240 e. The highest BCUT2D eigenvalue weighted by molar-refractivity contribution is 5.37. The highest BCUT2D eigenvalue weighted by atomic mass is 16.5. The van der Waals surface area contributed by atoms with Gasteiger partial charge < -0.3 is 14.6 Å². The van der Waals surface area contributed by atoms with Crippen molar-refractivity contribution >= 4 is 0 Å². The summed E-state index contributed by atoms with van der Waals surface area (Å²) in [5, 5.41) is 9.76. The van der Waals surface area contributed by atoms with Crippen molar-refractivity contribution in [2.75, 3.05) is 52.6 Å². The second-order valence-electron chi connectivity index (χ2n) is 7.41. The Labute approximate surface area is 150 Å². The largest absolute Gasteiger partial charge is 0.378 e. The molecule has 25 heavy (non-hydrogen) atoms. The van der Waals surface area contributed by atoms with Crippen LogP contribution in [0.5, 0.6) is 0 Å². The highest BCUT2D eigenvalue weighted by Gasteiger charge is 2.35. The Kier molecular flexibility index (Phi) is 6.10. The molecule has 5 nitrogen and oxygen atoms in total. The molecule has 0 spiro atoms. The number of benzene rings is 1. The minimum absolute atomic E-state index is 0.420. The fourth-order valence-corrected chi connectivity index (χ4v) is 3.59. The van der Waals surface area contributed by atoms with Crippen LogP contribution in [0, 0.1) is 11.8 Å². The van der Waals surface area contributed by atoms with Crippen molar-refractivity contribution in [2.24, 2.45) is 0 Å². The number of hydrogen-bond acceptors (Lipinski definition) is 3. The fourth-order valence-electron chi connectivity index (χ4n) is 3.59. The summed E-state index contributed by atoms with van der Waals surface area (Å²) in [5.41, 5.74) is 1.33. The quantitative estimate of drug-likeness (QED) is 0.593. The van der Waals surface area contributed by atoms with E-state index in [4.69, 9.17) is 9.47 Å². The first kappa shape index (κ1) is 18.4. The first-order valence-electron chi connectivity index (χ1n) is 9.23. The van der Waals surface area contributed by atoms with Crippen LogP contribution in [0.4, 0.5) is 0 Å². The maximum atomic E-state index is 9.76. The van der Waals surface area contributed by atoms with E-state index in [-0.39, 0.29) is 0 Å². The fraction of sp³-hybridized carbons (Fsp3) is 0.600. The van der Waals surface area contributed by atoms with E-state index in [9.17, 15) is 5.11 Å². The van der Waals surface area contributed by atoms with Crippen molar-refractivity contribution in [1.82, 2.24) is 0 Å². The lowest BCUT2D eigenvalue weighted by Gasteiger charge is -2.37. The Morgan fingerprint density at radius 2 is 1.40 bits per heavy atom. The topological polar surface area (TPSA) is 47.6 Å². The Morgan fingerprint density at radius 3 is 1.84 bits per heavy atom. The van der Waals surface area contributed by atoms with E-state index in [1.165, 1.54) is 5.56 Å². The Hall–Kier alpha value is -1.42. The van der Waals surface area contributed by atoms with Gasteiger partial charge in [0.1, 0.15) is 31.8 Å². The SMILES string of the molecule is CC(C)(O)C#Cc1ccc(C([NH+]2CCOCC2)[NH+]2CCOCC2)cc1. The zero-order valence-electron chi connectivity index (χ0n) is 15.3. The molecular formula is C20H30N2O3+2. The third-order valence-corrected chi connectivity index (χ3v) is 4.84. The lowest BCUT2D eigenvalue weighted by molar-refractivity contribution is -1.14. The Balaban J connectivity index is 1.80. The summed E-state index contributed by atoms with van der Waals surface area (Å²) in [4.78, 5) is 3.19. The molecule has 2 fully saturated rings. The molecule has 2 aliphatic rings. The molecule has 0 aromatic heterocycles. The monoisotopic (exact) mass is 346 g/mol. The number of quaternary nitrogens is 2. The van der Waals surface area contributed by atoms with Crippen molar-refractivity contribution in [3.63, 3.8) is 0 Å². The van der Waals surface area contributed by atoms with Crippen LogP contribution in [-0.4, -0.2) is 63.3 Å². The zero-order valence-corrected chi connectivity index (χ0v) is 15.3. The van der Waals surface area contributed by atoms with Crippen molar-refractivity contribution in [3.05, 3.63) is 35.4 Å². The van der Waals surface area contributed by atoms with Gasteiger partial charge in [-0.25, -0.2) is 0 Å². The number of nitrogens with one attached hydrogen (secondary N) is 2. The molecule has 2 heterocycles. The minimum Gasteiger partial charge on any atom is -0.378 e. The summed E-state index contributed by atoms with van der Waals surface area (Å²) >= 11 is 0. The number of ether oxygens (including phenoxy) is 2. The van der Waals surface area contributed by atoms with Crippen LogP contribution in [0.2, 0.25) is 0 Å². The first-order chi connectivity index (χ1) is 12.0. The van der Waals surface area contributed by atoms with Crippen molar-refractivity contribution in [1.29, 1.82) is 0 Å². The standard InChI is InChI=1S/C20H28N2O3/c1-20(2,23)8-7-17-3-5-18(6-4-17)19(21-9-13-24-14-10-21)22-11-15-25-16-12-22/h3-6,19,23H,9-16H2,1-2H3/p+2. The van der Waals surface area contributed by atoms with E-state index in [1.807, 2.05) is 0 Å². The summed E-state index contributed by atoms with van der Waals surface area (Å²) in [7, 11) is 0. The third kappa shape index (κ3) is 5.27. The van der Waals surface area contributed by atoms with Gasteiger partial charge in [0.25, 0.3) is 0 Å². The lowest BCUT2D eigenvalue weighted by Crippen LogP contribution is -3.32. The molecular weight excluding hydrogens is 316 g/mol. The van der Waals surface area contributed by atoms with Crippen LogP contribution in [0.25, 0.3) is 0 Å². The van der Waals surface area contributed by atoms with Crippen molar-refractivity contribution in [3.8, 4) is 11.8 Å². The molecule has 0 saturated carbocycles. The first-order valence-corrected chi connectivity index (χ1v) is 9.23. The summed E-state index contributed by atoms with van der Waals surface area (Å²) < 4.78 is 11.1. The van der Waals surface area contributed by atoms with E-state index < -0.39 is 5.60 Å². The van der Waals surface area contributed by atoms with E-state index in [2.05, 4.69) is 36.1 Å². The normalized spacial score (nSPS) is 20.3. The second-order valence-corrected chi connectivity index (χ2v) is 7.41. The van der Waals surface area contributed by atoms with Gasteiger partial charge in [-0.3, -0.25) is 9.80 Å². The van der Waals surface area contributed by atoms with Gasteiger partial charge in [0.15, 0.2) is 0 Å². The van der Waals surface area contributed by atoms with Crippen molar-refractivity contribution in [2.45, 2.75) is 25.6 Å². The van der Waals surface area contributed by atoms with E-state index in [1.54, 1.807) is 23.6 Å². The van der Waals surface area contributed by atoms with Crippen LogP contribution in [0.15, 0.2) is 24.3 Å². The Morgan fingerprint density at radius 1 is 0.920 bits per heavy atom.